The van der Waals surface area contributed by atoms with Crippen molar-refractivity contribution in [1.82, 2.24) is 9.55 Å². The van der Waals surface area contributed by atoms with E-state index in [2.05, 4.69) is 24.9 Å². The molecular formula is C9H13N3. The maximum absolute atomic E-state index is 8.50. The maximum Gasteiger partial charge on any atom is 0.111 e. The molecule has 0 N–H and O–H groups in total. The summed E-state index contributed by atoms with van der Waals surface area (Å²) < 4.78 is 1.99. The van der Waals surface area contributed by atoms with Gasteiger partial charge in [0.15, 0.2) is 0 Å². The van der Waals surface area contributed by atoms with Crippen LogP contribution in [0.2, 0.25) is 0 Å². The van der Waals surface area contributed by atoms with Gasteiger partial charge in [0.2, 0.25) is 0 Å². The molecule has 0 bridgehead atoms. The van der Waals surface area contributed by atoms with Crippen LogP contribution in [-0.4, -0.2) is 9.55 Å². The number of nitriles is 1. The predicted octanol–water partition coefficient (Wildman–Crippen LogP) is 1.61. The Morgan fingerprint density at radius 1 is 1.67 bits per heavy atom. The molecule has 0 aromatic carbocycles. The van der Waals surface area contributed by atoms with E-state index in [1.54, 1.807) is 6.20 Å². The Labute approximate surface area is 72.7 Å². The van der Waals surface area contributed by atoms with Crippen molar-refractivity contribution in [2.45, 2.75) is 26.2 Å². The van der Waals surface area contributed by atoms with Gasteiger partial charge in [-0.15, -0.1) is 0 Å². The Balaban J connectivity index is 2.98. The van der Waals surface area contributed by atoms with Gasteiger partial charge in [-0.1, -0.05) is 13.8 Å². The number of nitrogens with zero attached hydrogens (tertiary/aromatic N) is 3. The molecule has 1 aromatic rings. The quantitative estimate of drug-likeness (QED) is 0.664. The van der Waals surface area contributed by atoms with Crippen LogP contribution >= 0.6 is 0 Å². The number of imidazole rings is 1. The zero-order valence-electron chi connectivity index (χ0n) is 7.70. The summed E-state index contributed by atoms with van der Waals surface area (Å²) in [5, 5.41) is 8.50. The van der Waals surface area contributed by atoms with Gasteiger partial charge in [-0.25, -0.2) is 4.98 Å². The highest BCUT2D eigenvalue weighted by atomic mass is 15.1. The summed E-state index contributed by atoms with van der Waals surface area (Å²) in [6.45, 7) is 4.19. The van der Waals surface area contributed by atoms with Gasteiger partial charge in [-0.3, -0.25) is 0 Å². The standard InChI is InChI=1S/C9H13N3/c1-7(2)9-11-6-8(4-5-10)12(9)3/h6-7H,4H2,1-3H3. The molecule has 1 heterocycles. The molecule has 0 amide bonds. The number of rotatable bonds is 2. The van der Waals surface area contributed by atoms with E-state index < -0.39 is 0 Å². The molecule has 0 saturated carbocycles. The molecule has 1 rings (SSSR count). The summed E-state index contributed by atoms with van der Waals surface area (Å²) >= 11 is 0. The van der Waals surface area contributed by atoms with E-state index in [0.717, 1.165) is 11.5 Å². The summed E-state index contributed by atoms with van der Waals surface area (Å²) in [6.07, 6.45) is 2.22. The van der Waals surface area contributed by atoms with E-state index in [0.29, 0.717) is 12.3 Å². The summed E-state index contributed by atoms with van der Waals surface area (Å²) in [5.41, 5.74) is 0.987. The molecule has 0 saturated heterocycles. The molecule has 3 heteroatoms. The number of hydrogen-bond donors (Lipinski definition) is 0. The normalized spacial score (nSPS) is 10.2. The molecule has 12 heavy (non-hydrogen) atoms. The fraction of sp³-hybridized carbons (Fsp3) is 0.556. The molecule has 0 aliphatic carbocycles. The van der Waals surface area contributed by atoms with E-state index in [9.17, 15) is 0 Å². The average Bonchev–Trinajstić information content (AvgIpc) is 2.34. The van der Waals surface area contributed by atoms with Crippen LogP contribution in [0.5, 0.6) is 0 Å². The fourth-order valence-corrected chi connectivity index (χ4v) is 1.24. The number of hydrogen-bond acceptors (Lipinski definition) is 2. The molecule has 0 unspecified atom stereocenters. The van der Waals surface area contributed by atoms with Crippen LogP contribution in [0.4, 0.5) is 0 Å². The van der Waals surface area contributed by atoms with E-state index in [4.69, 9.17) is 5.26 Å². The summed E-state index contributed by atoms with van der Waals surface area (Å²) in [6, 6.07) is 2.12. The largest absolute Gasteiger partial charge is 0.334 e. The second kappa shape index (κ2) is 3.40. The van der Waals surface area contributed by atoms with Crippen LogP contribution in [0.15, 0.2) is 6.20 Å². The molecule has 3 nitrogen and oxygen atoms in total. The summed E-state index contributed by atoms with van der Waals surface area (Å²) in [5.74, 6) is 1.46. The van der Waals surface area contributed by atoms with Crippen molar-refractivity contribution in [3.8, 4) is 6.07 Å². The SMILES string of the molecule is CC(C)c1ncc(CC#N)n1C. The van der Waals surface area contributed by atoms with Crippen molar-refractivity contribution in [2.24, 2.45) is 7.05 Å². The third-order valence-electron chi connectivity index (χ3n) is 1.90. The highest BCUT2D eigenvalue weighted by Gasteiger charge is 2.08. The molecule has 1 aromatic heterocycles. The molecule has 64 valence electrons. The molecule has 0 atom stereocenters. The minimum atomic E-state index is 0.419. The molecule has 0 aliphatic rings. The van der Waals surface area contributed by atoms with Gasteiger partial charge >= 0.3 is 0 Å². The van der Waals surface area contributed by atoms with Crippen molar-refractivity contribution >= 4 is 0 Å². The topological polar surface area (TPSA) is 41.6 Å². The lowest BCUT2D eigenvalue weighted by molar-refractivity contribution is 0.696. The lowest BCUT2D eigenvalue weighted by Crippen LogP contribution is -2.02. The monoisotopic (exact) mass is 163 g/mol. The molecule has 0 fully saturated rings. The minimum Gasteiger partial charge on any atom is -0.334 e. The maximum atomic E-state index is 8.50. The Hall–Kier alpha value is -1.30. The molecular weight excluding hydrogens is 150 g/mol. The molecule has 0 aliphatic heterocycles. The Kier molecular flexibility index (Phi) is 2.49. The second-order valence-electron chi connectivity index (χ2n) is 3.16. The minimum absolute atomic E-state index is 0.419. The van der Waals surface area contributed by atoms with Gasteiger partial charge in [-0.2, -0.15) is 5.26 Å². The van der Waals surface area contributed by atoms with Crippen molar-refractivity contribution in [2.75, 3.05) is 0 Å². The zero-order valence-corrected chi connectivity index (χ0v) is 7.70. The highest BCUT2D eigenvalue weighted by Crippen LogP contribution is 2.13. The third kappa shape index (κ3) is 1.48. The van der Waals surface area contributed by atoms with Crippen LogP contribution in [0, 0.1) is 11.3 Å². The first-order valence-corrected chi connectivity index (χ1v) is 4.04. The van der Waals surface area contributed by atoms with Crippen LogP contribution in [-0.2, 0) is 13.5 Å². The van der Waals surface area contributed by atoms with E-state index in [1.165, 1.54) is 0 Å². The Morgan fingerprint density at radius 2 is 2.33 bits per heavy atom. The first-order chi connectivity index (χ1) is 5.66. The lowest BCUT2D eigenvalue weighted by Gasteiger charge is -2.05. The third-order valence-corrected chi connectivity index (χ3v) is 1.90. The van der Waals surface area contributed by atoms with Crippen molar-refractivity contribution in [3.63, 3.8) is 0 Å². The lowest BCUT2D eigenvalue weighted by atomic mass is 10.2. The van der Waals surface area contributed by atoms with Gasteiger partial charge < -0.3 is 4.57 Å². The van der Waals surface area contributed by atoms with Crippen molar-refractivity contribution in [3.05, 3.63) is 17.7 Å². The van der Waals surface area contributed by atoms with Gasteiger partial charge in [0.1, 0.15) is 5.82 Å². The molecule has 0 spiro atoms. The molecule has 0 radical (unpaired) electrons. The van der Waals surface area contributed by atoms with E-state index in [-0.39, 0.29) is 0 Å². The van der Waals surface area contributed by atoms with Crippen molar-refractivity contribution < 1.29 is 0 Å². The van der Waals surface area contributed by atoms with E-state index >= 15 is 0 Å². The van der Waals surface area contributed by atoms with Crippen LogP contribution < -0.4 is 0 Å². The summed E-state index contributed by atoms with van der Waals surface area (Å²) in [4.78, 5) is 4.25. The van der Waals surface area contributed by atoms with Gasteiger partial charge in [0.05, 0.1) is 18.2 Å². The van der Waals surface area contributed by atoms with Crippen LogP contribution in [0.25, 0.3) is 0 Å². The smallest absolute Gasteiger partial charge is 0.111 e. The first kappa shape index (κ1) is 8.79. The summed E-state index contributed by atoms with van der Waals surface area (Å²) in [7, 11) is 1.95. The average molecular weight is 163 g/mol. The zero-order chi connectivity index (χ0) is 9.14. The fourth-order valence-electron chi connectivity index (χ4n) is 1.24. The Morgan fingerprint density at radius 3 is 2.75 bits per heavy atom. The highest BCUT2D eigenvalue weighted by molar-refractivity contribution is 5.11. The van der Waals surface area contributed by atoms with Crippen LogP contribution in [0.1, 0.15) is 31.3 Å². The van der Waals surface area contributed by atoms with Gasteiger partial charge in [0, 0.05) is 19.2 Å². The number of aromatic nitrogens is 2. The van der Waals surface area contributed by atoms with Gasteiger partial charge in [-0.05, 0) is 0 Å². The second-order valence-corrected chi connectivity index (χ2v) is 3.16. The van der Waals surface area contributed by atoms with Gasteiger partial charge in [0.25, 0.3) is 0 Å². The first-order valence-electron chi connectivity index (χ1n) is 4.04. The van der Waals surface area contributed by atoms with Crippen molar-refractivity contribution in [1.29, 1.82) is 5.26 Å². The Bertz CT molecular complexity index is 304. The van der Waals surface area contributed by atoms with Crippen LogP contribution in [0.3, 0.4) is 0 Å². The van der Waals surface area contributed by atoms with E-state index in [1.807, 2.05) is 11.6 Å². The predicted molar refractivity (Wildman–Crippen MR) is 46.6 cm³/mol.